The SMILES string of the molecule is O=C(NCc1nnc2n1CCC2)c1cnc2c(c1)ncn2C1CCOCC1. The molecule has 0 saturated carbocycles. The molecular formula is C18H21N7O2. The van der Waals surface area contributed by atoms with Crippen molar-refractivity contribution in [3.8, 4) is 0 Å². The highest BCUT2D eigenvalue weighted by molar-refractivity contribution is 5.96. The lowest BCUT2D eigenvalue weighted by atomic mass is 10.1. The van der Waals surface area contributed by atoms with Crippen molar-refractivity contribution in [2.45, 2.75) is 44.8 Å². The third-order valence-electron chi connectivity index (χ3n) is 5.35. The van der Waals surface area contributed by atoms with Crippen LogP contribution in [-0.2, 0) is 24.2 Å². The van der Waals surface area contributed by atoms with Gasteiger partial charge in [0.2, 0.25) is 0 Å². The number of fused-ring (bicyclic) bond motifs is 2. The van der Waals surface area contributed by atoms with Gasteiger partial charge in [0.15, 0.2) is 11.5 Å². The largest absolute Gasteiger partial charge is 0.381 e. The van der Waals surface area contributed by atoms with Gasteiger partial charge in [-0.15, -0.1) is 10.2 Å². The van der Waals surface area contributed by atoms with Crippen LogP contribution in [-0.4, -0.2) is 48.4 Å². The minimum Gasteiger partial charge on any atom is -0.381 e. The van der Waals surface area contributed by atoms with Gasteiger partial charge in [0.25, 0.3) is 5.91 Å². The number of nitrogens with one attached hydrogen (secondary N) is 1. The van der Waals surface area contributed by atoms with Crippen molar-refractivity contribution in [1.82, 2.24) is 34.6 Å². The zero-order chi connectivity index (χ0) is 18.2. The molecule has 5 heterocycles. The van der Waals surface area contributed by atoms with Crippen LogP contribution < -0.4 is 5.32 Å². The average Bonchev–Trinajstić information content (AvgIpc) is 3.42. The predicted molar refractivity (Wildman–Crippen MR) is 96.1 cm³/mol. The molecule has 140 valence electrons. The van der Waals surface area contributed by atoms with E-state index in [-0.39, 0.29) is 5.91 Å². The summed E-state index contributed by atoms with van der Waals surface area (Å²) in [5.41, 5.74) is 2.05. The average molecular weight is 367 g/mol. The molecule has 9 nitrogen and oxygen atoms in total. The molecule has 2 aliphatic rings. The Hall–Kier alpha value is -2.81. The Labute approximate surface area is 155 Å². The topological polar surface area (TPSA) is 99.8 Å². The first-order chi connectivity index (χ1) is 13.3. The number of carbonyl (C=O) groups excluding carboxylic acids is 1. The number of aromatic nitrogens is 6. The minimum atomic E-state index is -0.180. The molecule has 0 spiro atoms. The molecule has 0 atom stereocenters. The van der Waals surface area contributed by atoms with Crippen molar-refractivity contribution in [3.63, 3.8) is 0 Å². The maximum atomic E-state index is 12.5. The van der Waals surface area contributed by atoms with Gasteiger partial charge in [-0.3, -0.25) is 4.79 Å². The zero-order valence-electron chi connectivity index (χ0n) is 15.0. The van der Waals surface area contributed by atoms with E-state index < -0.39 is 0 Å². The van der Waals surface area contributed by atoms with E-state index in [0.29, 0.717) is 18.2 Å². The summed E-state index contributed by atoms with van der Waals surface area (Å²) in [4.78, 5) is 21.5. The van der Waals surface area contributed by atoms with Crippen LogP contribution in [0.25, 0.3) is 11.2 Å². The van der Waals surface area contributed by atoms with Crippen molar-refractivity contribution >= 4 is 17.1 Å². The standard InChI is InChI=1S/C18H21N7O2/c26-18(20-10-16-23-22-15-2-1-5-24(15)16)12-8-14-17(19-9-12)25(11-21-14)13-3-6-27-7-4-13/h8-9,11,13H,1-7,10H2,(H,20,26). The summed E-state index contributed by atoms with van der Waals surface area (Å²) in [6.45, 7) is 2.80. The van der Waals surface area contributed by atoms with Gasteiger partial charge in [-0.25, -0.2) is 9.97 Å². The Bertz CT molecular complexity index is 987. The summed E-state index contributed by atoms with van der Waals surface area (Å²) in [6.07, 6.45) is 7.38. The third kappa shape index (κ3) is 2.97. The van der Waals surface area contributed by atoms with Crippen LogP contribution >= 0.6 is 0 Å². The highest BCUT2D eigenvalue weighted by Gasteiger charge is 2.20. The highest BCUT2D eigenvalue weighted by atomic mass is 16.5. The maximum absolute atomic E-state index is 12.5. The van der Waals surface area contributed by atoms with Crippen LogP contribution in [0, 0.1) is 0 Å². The summed E-state index contributed by atoms with van der Waals surface area (Å²) in [6, 6.07) is 2.15. The second-order valence-corrected chi connectivity index (χ2v) is 7.03. The Morgan fingerprint density at radius 2 is 2.15 bits per heavy atom. The van der Waals surface area contributed by atoms with Gasteiger partial charge in [-0.05, 0) is 25.3 Å². The summed E-state index contributed by atoms with van der Waals surface area (Å²) in [5, 5.41) is 11.2. The van der Waals surface area contributed by atoms with Gasteiger partial charge >= 0.3 is 0 Å². The molecule has 1 amide bonds. The first kappa shape index (κ1) is 16.4. The fraction of sp³-hybridized carbons (Fsp3) is 0.500. The van der Waals surface area contributed by atoms with Crippen LogP contribution in [0.1, 0.15) is 47.3 Å². The van der Waals surface area contributed by atoms with Crippen LogP contribution in [0.5, 0.6) is 0 Å². The number of carbonyl (C=O) groups is 1. The van der Waals surface area contributed by atoms with Crippen LogP contribution in [0.2, 0.25) is 0 Å². The molecular weight excluding hydrogens is 346 g/mol. The van der Waals surface area contributed by atoms with Crippen molar-refractivity contribution in [2.24, 2.45) is 0 Å². The Morgan fingerprint density at radius 3 is 3.04 bits per heavy atom. The molecule has 3 aromatic rings. The molecule has 0 bridgehead atoms. The second kappa shape index (κ2) is 6.73. The van der Waals surface area contributed by atoms with Crippen molar-refractivity contribution in [1.29, 1.82) is 0 Å². The van der Waals surface area contributed by atoms with Gasteiger partial charge in [0.05, 0.1) is 18.4 Å². The number of amides is 1. The molecule has 0 unspecified atom stereocenters. The van der Waals surface area contributed by atoms with Gasteiger partial charge in [0.1, 0.15) is 11.3 Å². The van der Waals surface area contributed by atoms with E-state index in [0.717, 1.165) is 68.3 Å². The zero-order valence-corrected chi connectivity index (χ0v) is 15.0. The van der Waals surface area contributed by atoms with E-state index in [2.05, 4.69) is 34.6 Å². The van der Waals surface area contributed by atoms with Crippen molar-refractivity contribution in [3.05, 3.63) is 35.8 Å². The third-order valence-corrected chi connectivity index (χ3v) is 5.35. The fourth-order valence-corrected chi connectivity index (χ4v) is 3.88. The van der Waals surface area contributed by atoms with Gasteiger partial charge in [0, 0.05) is 38.4 Å². The smallest absolute Gasteiger partial charge is 0.253 e. The molecule has 0 aromatic carbocycles. The van der Waals surface area contributed by atoms with E-state index in [1.165, 1.54) is 0 Å². The number of hydrogen-bond acceptors (Lipinski definition) is 6. The minimum absolute atomic E-state index is 0.180. The first-order valence-corrected chi connectivity index (χ1v) is 9.39. The number of nitrogens with zero attached hydrogens (tertiary/aromatic N) is 6. The molecule has 0 aliphatic carbocycles. The summed E-state index contributed by atoms with van der Waals surface area (Å²) >= 11 is 0. The molecule has 1 fully saturated rings. The van der Waals surface area contributed by atoms with Crippen LogP contribution in [0.4, 0.5) is 0 Å². The first-order valence-electron chi connectivity index (χ1n) is 9.39. The lowest BCUT2D eigenvalue weighted by Crippen LogP contribution is -2.25. The van der Waals surface area contributed by atoms with E-state index in [1.54, 1.807) is 12.3 Å². The molecule has 0 radical (unpaired) electrons. The number of ether oxygens (including phenoxy) is 1. The van der Waals surface area contributed by atoms with Gasteiger partial charge < -0.3 is 19.2 Å². The van der Waals surface area contributed by atoms with Crippen molar-refractivity contribution < 1.29 is 9.53 Å². The molecule has 2 aliphatic heterocycles. The highest BCUT2D eigenvalue weighted by Crippen LogP contribution is 2.24. The monoisotopic (exact) mass is 367 g/mol. The van der Waals surface area contributed by atoms with Crippen LogP contribution in [0.15, 0.2) is 18.6 Å². The molecule has 9 heteroatoms. The molecule has 1 N–H and O–H groups in total. The Balaban J connectivity index is 1.31. The number of pyridine rings is 1. The van der Waals surface area contributed by atoms with E-state index in [1.807, 2.05) is 6.33 Å². The number of aryl methyl sites for hydroxylation is 1. The van der Waals surface area contributed by atoms with Crippen molar-refractivity contribution in [2.75, 3.05) is 13.2 Å². The fourth-order valence-electron chi connectivity index (χ4n) is 3.88. The molecule has 5 rings (SSSR count). The quantitative estimate of drug-likeness (QED) is 0.745. The summed E-state index contributed by atoms with van der Waals surface area (Å²) in [7, 11) is 0. The Kier molecular flexibility index (Phi) is 4.08. The van der Waals surface area contributed by atoms with E-state index in [4.69, 9.17) is 4.74 Å². The maximum Gasteiger partial charge on any atom is 0.253 e. The van der Waals surface area contributed by atoms with E-state index in [9.17, 15) is 4.79 Å². The van der Waals surface area contributed by atoms with Gasteiger partial charge in [-0.2, -0.15) is 0 Å². The molecule has 27 heavy (non-hydrogen) atoms. The predicted octanol–water partition coefficient (Wildman–Crippen LogP) is 1.25. The lowest BCUT2D eigenvalue weighted by molar-refractivity contribution is 0.0704. The molecule has 1 saturated heterocycles. The number of imidazole rings is 1. The van der Waals surface area contributed by atoms with E-state index >= 15 is 0 Å². The summed E-state index contributed by atoms with van der Waals surface area (Å²) in [5.74, 6) is 1.62. The van der Waals surface area contributed by atoms with Crippen LogP contribution in [0.3, 0.4) is 0 Å². The number of rotatable bonds is 4. The number of hydrogen-bond donors (Lipinski definition) is 1. The normalized spacial score (nSPS) is 17.3. The molecule has 3 aromatic heterocycles. The lowest BCUT2D eigenvalue weighted by Gasteiger charge is -2.23. The van der Waals surface area contributed by atoms with Gasteiger partial charge in [-0.1, -0.05) is 0 Å². The summed E-state index contributed by atoms with van der Waals surface area (Å²) < 4.78 is 9.60. The Morgan fingerprint density at radius 1 is 1.26 bits per heavy atom. The second-order valence-electron chi connectivity index (χ2n) is 7.03.